The third-order valence-corrected chi connectivity index (χ3v) is 2.10. The first-order valence-electron chi connectivity index (χ1n) is 4.27. The zero-order valence-corrected chi connectivity index (χ0v) is 7.34. The van der Waals surface area contributed by atoms with Crippen LogP contribution in [0.3, 0.4) is 0 Å². The summed E-state index contributed by atoms with van der Waals surface area (Å²) in [5.41, 5.74) is 0. The van der Waals surface area contributed by atoms with Gasteiger partial charge < -0.3 is 0 Å². The molecule has 0 saturated carbocycles. The molecule has 0 aromatic carbocycles. The van der Waals surface area contributed by atoms with Crippen molar-refractivity contribution in [2.45, 2.75) is 26.2 Å². The van der Waals surface area contributed by atoms with Crippen molar-refractivity contribution in [2.24, 2.45) is 0 Å². The Morgan fingerprint density at radius 1 is 1.36 bits per heavy atom. The predicted octanol–water partition coefficient (Wildman–Crippen LogP) is 0.866. The third-order valence-electron chi connectivity index (χ3n) is 2.10. The van der Waals surface area contributed by atoms with Crippen LogP contribution in [0.15, 0.2) is 0 Å². The van der Waals surface area contributed by atoms with E-state index in [4.69, 9.17) is 0 Å². The number of hydrazine groups is 1. The Morgan fingerprint density at radius 2 is 2.00 bits per heavy atom. The van der Waals surface area contributed by atoms with Crippen molar-refractivity contribution in [3.63, 3.8) is 0 Å². The molecule has 1 fully saturated rings. The van der Waals surface area contributed by atoms with Crippen molar-refractivity contribution in [2.75, 3.05) is 20.1 Å². The Labute approximate surface area is 67.9 Å². The van der Waals surface area contributed by atoms with Gasteiger partial charge in [0.15, 0.2) is 0 Å². The van der Waals surface area contributed by atoms with Gasteiger partial charge in [0.2, 0.25) is 5.91 Å². The van der Waals surface area contributed by atoms with Crippen LogP contribution in [-0.2, 0) is 4.79 Å². The van der Waals surface area contributed by atoms with Crippen molar-refractivity contribution >= 4 is 5.91 Å². The van der Waals surface area contributed by atoms with E-state index >= 15 is 0 Å². The fourth-order valence-electron chi connectivity index (χ4n) is 1.39. The molecular formula is C8H16N2O. The number of carbonyl (C=O) groups excluding carboxylic acids is 1. The van der Waals surface area contributed by atoms with Gasteiger partial charge in [-0.05, 0) is 12.8 Å². The monoisotopic (exact) mass is 156 g/mol. The van der Waals surface area contributed by atoms with Crippen LogP contribution in [0.25, 0.3) is 0 Å². The molecule has 64 valence electrons. The highest BCUT2D eigenvalue weighted by atomic mass is 16.2. The van der Waals surface area contributed by atoms with Crippen LogP contribution in [0, 0.1) is 0 Å². The SMILES string of the molecule is CCC(=O)N1CCCCN1C. The lowest BCUT2D eigenvalue weighted by molar-refractivity contribution is -0.149. The fourth-order valence-corrected chi connectivity index (χ4v) is 1.39. The number of hydrogen-bond acceptors (Lipinski definition) is 2. The van der Waals surface area contributed by atoms with Crippen LogP contribution in [0.2, 0.25) is 0 Å². The molecule has 11 heavy (non-hydrogen) atoms. The van der Waals surface area contributed by atoms with E-state index in [0.717, 1.165) is 19.5 Å². The molecule has 0 aliphatic carbocycles. The summed E-state index contributed by atoms with van der Waals surface area (Å²) in [6.07, 6.45) is 2.98. The quantitative estimate of drug-likeness (QED) is 0.562. The summed E-state index contributed by atoms with van der Waals surface area (Å²) in [6.45, 7) is 3.83. The number of nitrogens with zero attached hydrogens (tertiary/aromatic N) is 2. The molecule has 0 unspecified atom stereocenters. The van der Waals surface area contributed by atoms with Crippen LogP contribution >= 0.6 is 0 Å². The van der Waals surface area contributed by atoms with E-state index in [1.165, 1.54) is 6.42 Å². The second-order valence-corrected chi connectivity index (χ2v) is 2.96. The van der Waals surface area contributed by atoms with Gasteiger partial charge in [-0.1, -0.05) is 6.92 Å². The summed E-state index contributed by atoms with van der Waals surface area (Å²) >= 11 is 0. The summed E-state index contributed by atoms with van der Waals surface area (Å²) in [5, 5.41) is 3.87. The molecule has 0 spiro atoms. The van der Waals surface area contributed by atoms with Gasteiger partial charge in [0.05, 0.1) is 0 Å². The minimum atomic E-state index is 0.243. The maximum absolute atomic E-state index is 11.3. The first-order valence-corrected chi connectivity index (χ1v) is 4.27. The van der Waals surface area contributed by atoms with Crippen LogP contribution < -0.4 is 0 Å². The topological polar surface area (TPSA) is 23.6 Å². The molecule has 1 saturated heterocycles. The number of rotatable bonds is 1. The fraction of sp³-hybridized carbons (Fsp3) is 0.875. The minimum absolute atomic E-state index is 0.243. The van der Waals surface area contributed by atoms with Crippen molar-refractivity contribution < 1.29 is 4.79 Å². The van der Waals surface area contributed by atoms with E-state index in [1.807, 2.05) is 24.0 Å². The highest BCUT2D eigenvalue weighted by molar-refractivity contribution is 5.75. The minimum Gasteiger partial charge on any atom is -0.276 e. The van der Waals surface area contributed by atoms with Crippen LogP contribution in [0.4, 0.5) is 0 Å². The Balaban J connectivity index is 2.47. The maximum atomic E-state index is 11.3. The Morgan fingerprint density at radius 3 is 2.55 bits per heavy atom. The highest BCUT2D eigenvalue weighted by Gasteiger charge is 2.19. The van der Waals surface area contributed by atoms with Gasteiger partial charge in [-0.25, -0.2) is 5.01 Å². The van der Waals surface area contributed by atoms with Crippen molar-refractivity contribution in [1.29, 1.82) is 0 Å². The molecule has 1 aliphatic heterocycles. The number of amides is 1. The molecule has 0 aromatic heterocycles. The maximum Gasteiger partial charge on any atom is 0.236 e. The molecule has 0 N–H and O–H groups in total. The van der Waals surface area contributed by atoms with Gasteiger partial charge >= 0.3 is 0 Å². The molecule has 1 rings (SSSR count). The molecule has 0 bridgehead atoms. The third kappa shape index (κ3) is 1.93. The van der Waals surface area contributed by atoms with E-state index < -0.39 is 0 Å². The molecule has 1 amide bonds. The lowest BCUT2D eigenvalue weighted by Crippen LogP contribution is -2.47. The van der Waals surface area contributed by atoms with Gasteiger partial charge in [-0.15, -0.1) is 0 Å². The smallest absolute Gasteiger partial charge is 0.236 e. The normalized spacial score (nSPS) is 20.4. The lowest BCUT2D eigenvalue weighted by Gasteiger charge is -2.35. The zero-order chi connectivity index (χ0) is 8.27. The zero-order valence-electron chi connectivity index (χ0n) is 7.34. The largest absolute Gasteiger partial charge is 0.276 e. The molecule has 3 nitrogen and oxygen atoms in total. The van der Waals surface area contributed by atoms with Crippen LogP contribution in [0.1, 0.15) is 26.2 Å². The Bertz CT molecular complexity index is 147. The van der Waals surface area contributed by atoms with Crippen molar-refractivity contribution in [1.82, 2.24) is 10.0 Å². The summed E-state index contributed by atoms with van der Waals surface area (Å²) in [5.74, 6) is 0.243. The first kappa shape index (κ1) is 8.53. The first-order chi connectivity index (χ1) is 5.25. The Hall–Kier alpha value is -0.570. The van der Waals surface area contributed by atoms with Crippen LogP contribution in [-0.4, -0.2) is 36.1 Å². The molecular weight excluding hydrogens is 140 g/mol. The Kier molecular flexibility index (Phi) is 2.88. The standard InChI is InChI=1S/C8H16N2O/c1-3-8(11)10-7-5-4-6-9(10)2/h3-7H2,1-2H3. The average molecular weight is 156 g/mol. The summed E-state index contributed by atoms with van der Waals surface area (Å²) in [7, 11) is 1.98. The summed E-state index contributed by atoms with van der Waals surface area (Å²) in [4.78, 5) is 11.3. The predicted molar refractivity (Wildman–Crippen MR) is 43.9 cm³/mol. The molecule has 0 radical (unpaired) electrons. The van der Waals surface area contributed by atoms with Crippen molar-refractivity contribution in [3.05, 3.63) is 0 Å². The second kappa shape index (κ2) is 3.72. The summed E-state index contributed by atoms with van der Waals surface area (Å²) < 4.78 is 0. The van der Waals surface area contributed by atoms with E-state index in [1.54, 1.807) is 0 Å². The van der Waals surface area contributed by atoms with Gasteiger partial charge in [0.1, 0.15) is 0 Å². The molecule has 0 aromatic rings. The second-order valence-electron chi connectivity index (χ2n) is 2.96. The highest BCUT2D eigenvalue weighted by Crippen LogP contribution is 2.09. The van der Waals surface area contributed by atoms with Crippen molar-refractivity contribution in [3.8, 4) is 0 Å². The number of carbonyl (C=O) groups is 1. The lowest BCUT2D eigenvalue weighted by atomic mass is 10.2. The van der Waals surface area contributed by atoms with E-state index in [2.05, 4.69) is 0 Å². The van der Waals surface area contributed by atoms with E-state index in [0.29, 0.717) is 6.42 Å². The molecule has 1 heterocycles. The van der Waals surface area contributed by atoms with Gasteiger partial charge in [-0.3, -0.25) is 9.80 Å². The molecule has 3 heteroatoms. The molecule has 0 atom stereocenters. The van der Waals surface area contributed by atoms with E-state index in [9.17, 15) is 4.79 Å². The van der Waals surface area contributed by atoms with Gasteiger partial charge in [0, 0.05) is 26.6 Å². The van der Waals surface area contributed by atoms with Crippen LogP contribution in [0.5, 0.6) is 0 Å². The number of hydrogen-bond donors (Lipinski definition) is 0. The van der Waals surface area contributed by atoms with E-state index in [-0.39, 0.29) is 5.91 Å². The summed E-state index contributed by atoms with van der Waals surface area (Å²) in [6, 6.07) is 0. The van der Waals surface area contributed by atoms with Gasteiger partial charge in [0.25, 0.3) is 0 Å². The molecule has 1 aliphatic rings. The van der Waals surface area contributed by atoms with Gasteiger partial charge in [-0.2, -0.15) is 0 Å². The average Bonchev–Trinajstić information content (AvgIpc) is 2.04.